The van der Waals surface area contributed by atoms with Gasteiger partial charge < -0.3 is 13.7 Å². The molecule has 1 amide bonds. The molecule has 152 valence electrons. The van der Waals surface area contributed by atoms with Gasteiger partial charge in [0.25, 0.3) is 10.0 Å². The van der Waals surface area contributed by atoms with E-state index in [1.165, 1.54) is 27.8 Å². The molecule has 0 bridgehead atoms. The zero-order valence-corrected chi connectivity index (χ0v) is 17.1. The second-order valence-electron chi connectivity index (χ2n) is 6.35. The van der Waals surface area contributed by atoms with Crippen LogP contribution in [0, 0.1) is 0 Å². The van der Waals surface area contributed by atoms with E-state index in [4.69, 9.17) is 9.15 Å². The molecule has 29 heavy (non-hydrogen) atoms. The number of sulfonamides is 1. The van der Waals surface area contributed by atoms with Crippen molar-refractivity contribution in [3.63, 3.8) is 0 Å². The van der Waals surface area contributed by atoms with Gasteiger partial charge in [-0.05, 0) is 17.7 Å². The molecule has 1 aliphatic rings. The third kappa shape index (κ3) is 4.40. The zero-order chi connectivity index (χ0) is 20.3. The Hall–Kier alpha value is -2.53. The molecule has 8 nitrogen and oxygen atoms in total. The Kier molecular flexibility index (Phi) is 5.76. The minimum atomic E-state index is -3.80. The number of hydrogen-bond donors (Lipinski definition) is 0. The van der Waals surface area contributed by atoms with E-state index in [0.29, 0.717) is 24.6 Å². The van der Waals surface area contributed by atoms with Crippen LogP contribution in [0.2, 0.25) is 0 Å². The van der Waals surface area contributed by atoms with Crippen molar-refractivity contribution in [1.29, 1.82) is 0 Å². The summed E-state index contributed by atoms with van der Waals surface area (Å²) in [5, 5.41) is 1.58. The Bertz CT molecular complexity index is 1160. The van der Waals surface area contributed by atoms with Gasteiger partial charge >= 0.3 is 5.91 Å². The largest absolute Gasteiger partial charge is 0.438 e. The number of amides is 1. The van der Waals surface area contributed by atoms with Crippen molar-refractivity contribution in [2.24, 2.45) is 4.99 Å². The lowest BCUT2D eigenvalue weighted by molar-refractivity contribution is 0.0723. The lowest BCUT2D eigenvalue weighted by atomic mass is 10.2. The number of morpholine rings is 1. The molecular weight excluding hydrogens is 414 g/mol. The van der Waals surface area contributed by atoms with Crippen molar-refractivity contribution < 1.29 is 22.4 Å². The van der Waals surface area contributed by atoms with Crippen LogP contribution in [-0.4, -0.2) is 49.5 Å². The molecule has 0 N–H and O–H groups in total. The fourth-order valence-corrected chi connectivity index (χ4v) is 4.96. The van der Waals surface area contributed by atoms with Crippen LogP contribution in [0.4, 0.5) is 0 Å². The predicted octanol–water partition coefficient (Wildman–Crippen LogP) is 1.95. The summed E-state index contributed by atoms with van der Waals surface area (Å²) in [6.07, 6.45) is 1.85. The standard InChI is InChI=1S/C19H19N3O5S2/c23-18(20-19-21(10-13-28-19)14-15-4-2-1-3-5-15)16-6-7-17(27-16)29(24,25)22-8-11-26-12-9-22/h1-7,10,13H,8-9,11-12,14H2. The first-order chi connectivity index (χ1) is 14.0. The Labute approximate surface area is 171 Å². The Morgan fingerprint density at radius 3 is 2.62 bits per heavy atom. The summed E-state index contributed by atoms with van der Waals surface area (Å²) in [5.74, 6) is -0.741. The molecule has 1 aromatic carbocycles. The third-order valence-corrected chi connectivity index (χ3v) is 6.98. The second-order valence-corrected chi connectivity index (χ2v) is 9.09. The molecular formula is C19H19N3O5S2. The molecule has 0 unspecified atom stereocenters. The summed E-state index contributed by atoms with van der Waals surface area (Å²) in [4.78, 5) is 17.2. The van der Waals surface area contributed by atoms with Crippen LogP contribution in [0.25, 0.3) is 0 Å². The first-order valence-electron chi connectivity index (χ1n) is 8.99. The van der Waals surface area contributed by atoms with Gasteiger partial charge in [0.05, 0.1) is 13.2 Å². The maximum absolute atomic E-state index is 12.6. The number of rotatable bonds is 5. The lowest BCUT2D eigenvalue weighted by Crippen LogP contribution is -2.40. The van der Waals surface area contributed by atoms with Crippen molar-refractivity contribution in [1.82, 2.24) is 8.87 Å². The fourth-order valence-electron chi connectivity index (χ4n) is 2.92. The lowest BCUT2D eigenvalue weighted by Gasteiger charge is -2.24. The average molecular weight is 434 g/mol. The number of nitrogens with zero attached hydrogens (tertiary/aromatic N) is 3. The molecule has 0 aliphatic carbocycles. The highest BCUT2D eigenvalue weighted by atomic mass is 32.2. The van der Waals surface area contributed by atoms with E-state index in [9.17, 15) is 13.2 Å². The van der Waals surface area contributed by atoms with Crippen LogP contribution in [0.1, 0.15) is 16.1 Å². The van der Waals surface area contributed by atoms with E-state index in [1.807, 2.05) is 46.5 Å². The number of carbonyl (C=O) groups is 1. The van der Waals surface area contributed by atoms with Crippen LogP contribution in [0.5, 0.6) is 0 Å². The van der Waals surface area contributed by atoms with Gasteiger partial charge in [0.1, 0.15) is 0 Å². The van der Waals surface area contributed by atoms with Gasteiger partial charge in [-0.15, -0.1) is 11.3 Å². The summed E-state index contributed by atoms with van der Waals surface area (Å²) < 4.78 is 38.9. The first kappa shape index (κ1) is 19.8. The normalized spacial score (nSPS) is 16.2. The molecule has 0 saturated carbocycles. The summed E-state index contributed by atoms with van der Waals surface area (Å²) >= 11 is 1.32. The Balaban J connectivity index is 1.55. The topological polar surface area (TPSA) is 94.1 Å². The highest BCUT2D eigenvalue weighted by Gasteiger charge is 2.30. The molecule has 4 rings (SSSR count). The molecule has 0 atom stereocenters. The molecule has 1 saturated heterocycles. The molecule has 0 radical (unpaired) electrons. The fraction of sp³-hybridized carbons (Fsp3) is 0.263. The summed E-state index contributed by atoms with van der Waals surface area (Å²) in [6, 6.07) is 12.5. The zero-order valence-electron chi connectivity index (χ0n) is 15.4. The number of thiazole rings is 1. The molecule has 2 aromatic heterocycles. The van der Waals surface area contributed by atoms with E-state index in [-0.39, 0.29) is 23.9 Å². The minimum Gasteiger partial charge on any atom is -0.438 e. The monoisotopic (exact) mass is 433 g/mol. The smallest absolute Gasteiger partial charge is 0.315 e. The van der Waals surface area contributed by atoms with Gasteiger partial charge in [-0.1, -0.05) is 30.3 Å². The molecule has 3 aromatic rings. The number of hydrogen-bond acceptors (Lipinski definition) is 6. The average Bonchev–Trinajstić information content (AvgIpc) is 3.40. The van der Waals surface area contributed by atoms with Crippen molar-refractivity contribution >= 4 is 27.3 Å². The summed E-state index contributed by atoms with van der Waals surface area (Å²) in [6.45, 7) is 1.75. The van der Waals surface area contributed by atoms with Gasteiger partial charge in [-0.25, -0.2) is 8.42 Å². The Morgan fingerprint density at radius 1 is 1.10 bits per heavy atom. The molecule has 0 spiro atoms. The van der Waals surface area contributed by atoms with Gasteiger partial charge in [0.2, 0.25) is 5.09 Å². The molecule has 3 heterocycles. The second kappa shape index (κ2) is 8.46. The van der Waals surface area contributed by atoms with Crippen LogP contribution in [0.15, 0.2) is 68.5 Å². The maximum Gasteiger partial charge on any atom is 0.315 e. The van der Waals surface area contributed by atoms with Crippen molar-refractivity contribution in [2.75, 3.05) is 26.3 Å². The number of furan rings is 1. The van der Waals surface area contributed by atoms with Gasteiger partial charge in [-0.3, -0.25) is 4.79 Å². The summed E-state index contributed by atoms with van der Waals surface area (Å²) in [7, 11) is -3.80. The van der Waals surface area contributed by atoms with Crippen LogP contribution in [-0.2, 0) is 21.3 Å². The van der Waals surface area contributed by atoms with E-state index in [2.05, 4.69) is 4.99 Å². The number of benzene rings is 1. The van der Waals surface area contributed by atoms with Crippen molar-refractivity contribution in [3.05, 3.63) is 70.2 Å². The van der Waals surface area contributed by atoms with Gasteiger partial charge in [-0.2, -0.15) is 9.30 Å². The van der Waals surface area contributed by atoms with Crippen LogP contribution in [0.3, 0.4) is 0 Å². The predicted molar refractivity (Wildman–Crippen MR) is 106 cm³/mol. The molecule has 10 heteroatoms. The molecule has 1 aliphatic heterocycles. The van der Waals surface area contributed by atoms with Crippen LogP contribution >= 0.6 is 11.3 Å². The van der Waals surface area contributed by atoms with E-state index in [1.54, 1.807) is 0 Å². The van der Waals surface area contributed by atoms with Crippen molar-refractivity contribution in [3.8, 4) is 0 Å². The first-order valence-corrected chi connectivity index (χ1v) is 11.3. The highest BCUT2D eigenvalue weighted by molar-refractivity contribution is 7.89. The van der Waals surface area contributed by atoms with Crippen molar-refractivity contribution in [2.45, 2.75) is 11.6 Å². The Morgan fingerprint density at radius 2 is 1.86 bits per heavy atom. The maximum atomic E-state index is 12.6. The number of aromatic nitrogens is 1. The highest BCUT2D eigenvalue weighted by Crippen LogP contribution is 2.20. The summed E-state index contributed by atoms with van der Waals surface area (Å²) in [5.41, 5.74) is 1.08. The van der Waals surface area contributed by atoms with E-state index >= 15 is 0 Å². The van der Waals surface area contributed by atoms with E-state index < -0.39 is 15.9 Å². The van der Waals surface area contributed by atoms with Gasteiger partial charge in [0.15, 0.2) is 10.6 Å². The van der Waals surface area contributed by atoms with E-state index in [0.717, 1.165) is 5.56 Å². The number of ether oxygens (including phenoxy) is 1. The molecule has 1 fully saturated rings. The third-order valence-electron chi connectivity index (χ3n) is 4.41. The quantitative estimate of drug-likeness (QED) is 0.613. The number of carbonyl (C=O) groups excluding carboxylic acids is 1. The van der Waals surface area contributed by atoms with Crippen LogP contribution < -0.4 is 4.80 Å². The van der Waals surface area contributed by atoms with Gasteiger partial charge in [0, 0.05) is 31.2 Å². The SMILES string of the molecule is O=C(N=c1sccn1Cc1ccccc1)c1ccc(S(=O)(=O)N2CCOCC2)o1. The minimum absolute atomic E-state index is 0.114.